The molecule has 0 amide bonds. The van der Waals surface area contributed by atoms with Crippen LogP contribution in [0.3, 0.4) is 0 Å². The summed E-state index contributed by atoms with van der Waals surface area (Å²) in [5, 5.41) is 0. The first kappa shape index (κ1) is 11.3. The van der Waals surface area contributed by atoms with Gasteiger partial charge in [-0.2, -0.15) is 0 Å². The molecule has 1 heterocycles. The molecule has 0 aromatic carbocycles. The highest BCUT2D eigenvalue weighted by atomic mass is 15.3. The number of guanidine groups is 1. The predicted molar refractivity (Wildman–Crippen MR) is 60.4 cm³/mol. The van der Waals surface area contributed by atoms with E-state index >= 15 is 0 Å². The van der Waals surface area contributed by atoms with Crippen molar-refractivity contribution >= 4 is 5.96 Å². The van der Waals surface area contributed by atoms with Crippen LogP contribution in [0.1, 0.15) is 13.8 Å². The number of nitrogens with two attached hydrogens (primary N) is 1. The van der Waals surface area contributed by atoms with Crippen LogP contribution < -0.4 is 5.73 Å². The number of nitrogens with zero attached hydrogens (tertiary/aromatic N) is 3. The summed E-state index contributed by atoms with van der Waals surface area (Å²) in [6.45, 7) is 9.31. The molecule has 4 heteroatoms. The molecule has 0 spiro atoms. The number of hydrogen-bond donors (Lipinski definition) is 1. The van der Waals surface area contributed by atoms with Crippen LogP contribution in [0, 0.1) is 5.92 Å². The van der Waals surface area contributed by atoms with Gasteiger partial charge in [-0.1, -0.05) is 13.8 Å². The van der Waals surface area contributed by atoms with Gasteiger partial charge in [-0.05, 0) is 13.0 Å². The first-order chi connectivity index (χ1) is 6.59. The first-order valence-corrected chi connectivity index (χ1v) is 5.33. The summed E-state index contributed by atoms with van der Waals surface area (Å²) in [5.41, 5.74) is 5.90. The van der Waals surface area contributed by atoms with E-state index in [1.165, 1.54) is 0 Å². The Hall–Kier alpha value is -0.770. The summed E-state index contributed by atoms with van der Waals surface area (Å²) in [4.78, 5) is 8.85. The van der Waals surface area contributed by atoms with Gasteiger partial charge in [0.25, 0.3) is 0 Å². The molecule has 1 fully saturated rings. The molecule has 0 aromatic heterocycles. The molecule has 0 unspecified atom stereocenters. The number of piperazine rings is 1. The molecule has 0 bridgehead atoms. The Morgan fingerprint density at radius 2 is 1.86 bits per heavy atom. The van der Waals surface area contributed by atoms with E-state index in [1.54, 1.807) is 0 Å². The monoisotopic (exact) mass is 198 g/mol. The molecule has 1 saturated heterocycles. The molecular weight excluding hydrogens is 176 g/mol. The van der Waals surface area contributed by atoms with E-state index in [1.807, 2.05) is 0 Å². The van der Waals surface area contributed by atoms with Crippen LogP contribution in [0.25, 0.3) is 0 Å². The highest BCUT2D eigenvalue weighted by Gasteiger charge is 2.14. The second kappa shape index (κ2) is 5.20. The van der Waals surface area contributed by atoms with E-state index < -0.39 is 0 Å². The summed E-state index contributed by atoms with van der Waals surface area (Å²) in [6, 6.07) is 0. The van der Waals surface area contributed by atoms with Crippen molar-refractivity contribution < 1.29 is 0 Å². The average Bonchev–Trinajstić information content (AvgIpc) is 2.15. The van der Waals surface area contributed by atoms with Gasteiger partial charge in [0.15, 0.2) is 5.96 Å². The Morgan fingerprint density at radius 3 is 2.36 bits per heavy atom. The lowest BCUT2D eigenvalue weighted by molar-refractivity contribution is 0.213. The molecule has 0 aliphatic carbocycles. The molecule has 4 nitrogen and oxygen atoms in total. The molecule has 1 aliphatic heterocycles. The summed E-state index contributed by atoms with van der Waals surface area (Å²) in [6.07, 6.45) is 0. The Kier molecular flexibility index (Phi) is 4.20. The van der Waals surface area contributed by atoms with Gasteiger partial charge in [0.1, 0.15) is 0 Å². The fourth-order valence-electron chi connectivity index (χ4n) is 1.41. The number of aliphatic imine (C=N–C) groups is 1. The SMILES string of the molecule is CC(C)CN=C(N)N1CCN(C)CC1. The Morgan fingerprint density at radius 1 is 1.29 bits per heavy atom. The van der Waals surface area contributed by atoms with Gasteiger partial charge >= 0.3 is 0 Å². The second-order valence-corrected chi connectivity index (χ2v) is 4.38. The van der Waals surface area contributed by atoms with Crippen molar-refractivity contribution in [3.63, 3.8) is 0 Å². The van der Waals surface area contributed by atoms with Crippen molar-refractivity contribution in [1.82, 2.24) is 9.80 Å². The zero-order valence-electron chi connectivity index (χ0n) is 9.53. The molecule has 1 aliphatic rings. The molecule has 1 rings (SSSR count). The Balaban J connectivity index is 2.37. The average molecular weight is 198 g/mol. The molecular formula is C10H22N4. The lowest BCUT2D eigenvalue weighted by Crippen LogP contribution is -2.49. The topological polar surface area (TPSA) is 44.9 Å². The summed E-state index contributed by atoms with van der Waals surface area (Å²) in [5.74, 6) is 1.30. The van der Waals surface area contributed by atoms with Crippen LogP contribution in [0.15, 0.2) is 4.99 Å². The molecule has 0 radical (unpaired) electrons. The third-order valence-corrected chi connectivity index (χ3v) is 2.45. The van der Waals surface area contributed by atoms with E-state index in [2.05, 4.69) is 35.7 Å². The van der Waals surface area contributed by atoms with Crippen LogP contribution in [0.5, 0.6) is 0 Å². The van der Waals surface area contributed by atoms with E-state index in [0.29, 0.717) is 11.9 Å². The van der Waals surface area contributed by atoms with Crippen molar-refractivity contribution in [3.05, 3.63) is 0 Å². The van der Waals surface area contributed by atoms with Crippen LogP contribution in [-0.2, 0) is 0 Å². The van der Waals surface area contributed by atoms with E-state index in [-0.39, 0.29) is 0 Å². The largest absolute Gasteiger partial charge is 0.370 e. The van der Waals surface area contributed by atoms with Gasteiger partial charge in [0.2, 0.25) is 0 Å². The van der Waals surface area contributed by atoms with Crippen LogP contribution >= 0.6 is 0 Å². The van der Waals surface area contributed by atoms with Crippen molar-refractivity contribution in [2.24, 2.45) is 16.6 Å². The van der Waals surface area contributed by atoms with E-state index in [4.69, 9.17) is 5.73 Å². The van der Waals surface area contributed by atoms with Gasteiger partial charge in [-0.3, -0.25) is 4.99 Å². The molecule has 2 N–H and O–H groups in total. The van der Waals surface area contributed by atoms with Gasteiger partial charge in [-0.15, -0.1) is 0 Å². The minimum absolute atomic E-state index is 0.584. The molecule has 14 heavy (non-hydrogen) atoms. The highest BCUT2D eigenvalue weighted by molar-refractivity contribution is 5.78. The Bertz CT molecular complexity index is 192. The molecule has 82 valence electrons. The summed E-state index contributed by atoms with van der Waals surface area (Å²) in [7, 11) is 2.14. The first-order valence-electron chi connectivity index (χ1n) is 5.33. The standard InChI is InChI=1S/C10H22N4/c1-9(2)8-12-10(11)14-6-4-13(3)5-7-14/h9H,4-8H2,1-3H3,(H2,11,12). The zero-order chi connectivity index (χ0) is 10.6. The van der Waals surface area contributed by atoms with Crippen LogP contribution in [0.2, 0.25) is 0 Å². The number of likely N-dealkylation sites (N-methyl/N-ethyl adjacent to an activating group) is 1. The van der Waals surface area contributed by atoms with Crippen LogP contribution in [0.4, 0.5) is 0 Å². The quantitative estimate of drug-likeness (QED) is 0.509. The lowest BCUT2D eigenvalue weighted by atomic mass is 10.2. The molecule has 0 saturated carbocycles. The molecule has 0 aromatic rings. The second-order valence-electron chi connectivity index (χ2n) is 4.38. The summed E-state index contributed by atoms with van der Waals surface area (Å²) >= 11 is 0. The smallest absolute Gasteiger partial charge is 0.191 e. The lowest BCUT2D eigenvalue weighted by Gasteiger charge is -2.33. The summed E-state index contributed by atoms with van der Waals surface area (Å²) < 4.78 is 0. The highest BCUT2D eigenvalue weighted by Crippen LogP contribution is 1.99. The molecule has 0 atom stereocenters. The van der Waals surface area contributed by atoms with Crippen molar-refractivity contribution in [1.29, 1.82) is 0 Å². The fraction of sp³-hybridized carbons (Fsp3) is 0.900. The number of hydrogen-bond acceptors (Lipinski definition) is 2. The third kappa shape index (κ3) is 3.54. The predicted octanol–water partition coefficient (Wildman–Crippen LogP) is 0.205. The van der Waals surface area contributed by atoms with Crippen molar-refractivity contribution in [2.75, 3.05) is 39.8 Å². The minimum Gasteiger partial charge on any atom is -0.370 e. The van der Waals surface area contributed by atoms with Gasteiger partial charge < -0.3 is 15.5 Å². The Labute approximate surface area is 86.8 Å². The maximum Gasteiger partial charge on any atom is 0.191 e. The number of rotatable bonds is 2. The maximum absolute atomic E-state index is 5.90. The maximum atomic E-state index is 5.90. The van der Waals surface area contributed by atoms with Crippen molar-refractivity contribution in [2.45, 2.75) is 13.8 Å². The van der Waals surface area contributed by atoms with E-state index in [9.17, 15) is 0 Å². The third-order valence-electron chi connectivity index (χ3n) is 2.45. The normalized spacial score (nSPS) is 20.6. The fourth-order valence-corrected chi connectivity index (χ4v) is 1.41. The minimum atomic E-state index is 0.584. The van der Waals surface area contributed by atoms with Gasteiger partial charge in [0, 0.05) is 32.7 Å². The van der Waals surface area contributed by atoms with E-state index in [0.717, 1.165) is 32.7 Å². The van der Waals surface area contributed by atoms with Crippen molar-refractivity contribution in [3.8, 4) is 0 Å². The van der Waals surface area contributed by atoms with Crippen LogP contribution in [-0.4, -0.2) is 55.5 Å². The van der Waals surface area contributed by atoms with Gasteiger partial charge in [0.05, 0.1) is 0 Å². The zero-order valence-corrected chi connectivity index (χ0v) is 9.53. The van der Waals surface area contributed by atoms with Gasteiger partial charge in [-0.25, -0.2) is 0 Å².